The van der Waals surface area contributed by atoms with Gasteiger partial charge in [-0.15, -0.1) is 0 Å². The molecular formula is C16H27NO4. The second-order valence-electron chi connectivity index (χ2n) is 6.40. The van der Waals surface area contributed by atoms with Crippen molar-refractivity contribution in [3.05, 3.63) is 0 Å². The molecule has 5 heteroatoms. The standard InChI is InChI=1S/C16H27NO4/c1-3-11-7-13(14(8-11)16(19)20)15(18)17(4-2)9-12-5-6-21-10-12/h11-14H,3-10H2,1-2H3,(H,19,20). The van der Waals surface area contributed by atoms with Gasteiger partial charge in [-0.1, -0.05) is 13.3 Å². The first kappa shape index (κ1) is 16.3. The second kappa shape index (κ2) is 7.25. The van der Waals surface area contributed by atoms with Crippen LogP contribution in [0.1, 0.15) is 39.5 Å². The van der Waals surface area contributed by atoms with Crippen LogP contribution in [0.25, 0.3) is 0 Å². The molecule has 4 atom stereocenters. The molecule has 2 fully saturated rings. The zero-order valence-electron chi connectivity index (χ0n) is 13.1. The number of rotatable bonds is 6. The maximum atomic E-state index is 12.8. The molecule has 120 valence electrons. The predicted molar refractivity (Wildman–Crippen MR) is 78.8 cm³/mol. The predicted octanol–water partition coefficient (Wildman–Crippen LogP) is 2.01. The second-order valence-corrected chi connectivity index (χ2v) is 6.40. The monoisotopic (exact) mass is 297 g/mol. The van der Waals surface area contributed by atoms with Crippen molar-refractivity contribution in [2.24, 2.45) is 23.7 Å². The molecule has 1 amide bonds. The van der Waals surface area contributed by atoms with Crippen LogP contribution in [0.5, 0.6) is 0 Å². The van der Waals surface area contributed by atoms with E-state index in [1.54, 1.807) is 0 Å². The number of hydrogen-bond acceptors (Lipinski definition) is 3. The minimum absolute atomic E-state index is 0.0350. The third-order valence-electron chi connectivity index (χ3n) is 5.07. The Morgan fingerprint density at radius 3 is 2.43 bits per heavy atom. The zero-order chi connectivity index (χ0) is 15.4. The lowest BCUT2D eigenvalue weighted by Gasteiger charge is -2.28. The molecule has 1 saturated heterocycles. The summed E-state index contributed by atoms with van der Waals surface area (Å²) < 4.78 is 5.37. The number of nitrogens with zero attached hydrogens (tertiary/aromatic N) is 1. The Kier molecular flexibility index (Phi) is 5.62. The van der Waals surface area contributed by atoms with E-state index in [0.717, 1.165) is 25.9 Å². The molecule has 1 aliphatic carbocycles. The van der Waals surface area contributed by atoms with E-state index in [9.17, 15) is 14.7 Å². The maximum Gasteiger partial charge on any atom is 0.307 e. The molecule has 0 aromatic rings. The lowest BCUT2D eigenvalue weighted by atomic mass is 9.94. The molecule has 1 heterocycles. The normalized spacial score (nSPS) is 32.3. The Morgan fingerprint density at radius 1 is 1.19 bits per heavy atom. The van der Waals surface area contributed by atoms with E-state index in [1.165, 1.54) is 0 Å². The molecule has 5 nitrogen and oxygen atoms in total. The van der Waals surface area contributed by atoms with Crippen LogP contribution in [0.4, 0.5) is 0 Å². The summed E-state index contributed by atoms with van der Waals surface area (Å²) in [6.07, 6.45) is 3.32. The van der Waals surface area contributed by atoms with E-state index in [1.807, 2.05) is 11.8 Å². The number of carboxylic acids is 1. The Balaban J connectivity index is 2.02. The SMILES string of the molecule is CCC1CC(C(=O)O)C(C(=O)N(CC)CC2CCOC2)C1. The van der Waals surface area contributed by atoms with Crippen molar-refractivity contribution in [3.8, 4) is 0 Å². The number of amides is 1. The fourth-order valence-electron chi connectivity index (χ4n) is 3.67. The molecule has 0 spiro atoms. The van der Waals surface area contributed by atoms with Gasteiger partial charge in [0.1, 0.15) is 0 Å². The first-order valence-electron chi connectivity index (χ1n) is 8.16. The molecular weight excluding hydrogens is 270 g/mol. The summed E-state index contributed by atoms with van der Waals surface area (Å²) in [6, 6.07) is 0. The van der Waals surface area contributed by atoms with Crippen LogP contribution in [-0.4, -0.2) is 48.2 Å². The van der Waals surface area contributed by atoms with Crippen LogP contribution in [-0.2, 0) is 14.3 Å². The molecule has 0 radical (unpaired) electrons. The number of hydrogen-bond donors (Lipinski definition) is 1. The summed E-state index contributed by atoms with van der Waals surface area (Å²) in [4.78, 5) is 26.1. The van der Waals surface area contributed by atoms with Gasteiger partial charge >= 0.3 is 5.97 Å². The molecule has 1 N–H and O–H groups in total. The van der Waals surface area contributed by atoms with E-state index in [2.05, 4.69) is 6.92 Å². The number of carboxylic acid groups (broad SMARTS) is 1. The summed E-state index contributed by atoms with van der Waals surface area (Å²) >= 11 is 0. The number of ether oxygens (including phenoxy) is 1. The Labute approximate surface area is 126 Å². The van der Waals surface area contributed by atoms with Crippen LogP contribution in [0.3, 0.4) is 0 Å². The van der Waals surface area contributed by atoms with Crippen LogP contribution in [0, 0.1) is 23.7 Å². The Hall–Kier alpha value is -1.10. The molecule has 2 aliphatic rings. The van der Waals surface area contributed by atoms with Crippen molar-refractivity contribution in [1.82, 2.24) is 4.90 Å². The van der Waals surface area contributed by atoms with Gasteiger partial charge in [-0.25, -0.2) is 0 Å². The van der Waals surface area contributed by atoms with Gasteiger partial charge in [0.25, 0.3) is 0 Å². The summed E-state index contributed by atoms with van der Waals surface area (Å²) in [7, 11) is 0. The summed E-state index contributed by atoms with van der Waals surface area (Å²) in [5.74, 6) is -0.850. The summed E-state index contributed by atoms with van der Waals surface area (Å²) in [5.41, 5.74) is 0. The highest BCUT2D eigenvalue weighted by atomic mass is 16.5. The smallest absolute Gasteiger partial charge is 0.307 e. The summed E-state index contributed by atoms with van der Waals surface area (Å²) in [5, 5.41) is 9.39. The van der Waals surface area contributed by atoms with Crippen molar-refractivity contribution in [2.75, 3.05) is 26.3 Å². The van der Waals surface area contributed by atoms with Crippen molar-refractivity contribution < 1.29 is 19.4 Å². The lowest BCUT2D eigenvalue weighted by Crippen LogP contribution is -2.41. The highest BCUT2D eigenvalue weighted by Crippen LogP contribution is 2.39. The van der Waals surface area contributed by atoms with E-state index < -0.39 is 11.9 Å². The molecule has 21 heavy (non-hydrogen) atoms. The first-order chi connectivity index (χ1) is 10.1. The van der Waals surface area contributed by atoms with E-state index in [4.69, 9.17) is 4.74 Å². The van der Waals surface area contributed by atoms with E-state index in [-0.39, 0.29) is 11.8 Å². The molecule has 1 saturated carbocycles. The van der Waals surface area contributed by atoms with Gasteiger partial charge in [0.2, 0.25) is 5.91 Å². The molecule has 1 aliphatic heterocycles. The fourth-order valence-corrected chi connectivity index (χ4v) is 3.67. The van der Waals surface area contributed by atoms with E-state index in [0.29, 0.717) is 38.0 Å². The Morgan fingerprint density at radius 2 is 1.90 bits per heavy atom. The van der Waals surface area contributed by atoms with Crippen LogP contribution in [0.15, 0.2) is 0 Å². The highest BCUT2D eigenvalue weighted by Gasteiger charge is 2.43. The van der Waals surface area contributed by atoms with Gasteiger partial charge in [0, 0.05) is 25.6 Å². The first-order valence-corrected chi connectivity index (χ1v) is 8.16. The van der Waals surface area contributed by atoms with Crippen molar-refractivity contribution >= 4 is 11.9 Å². The highest BCUT2D eigenvalue weighted by molar-refractivity contribution is 5.85. The average molecular weight is 297 g/mol. The number of carbonyl (C=O) groups excluding carboxylic acids is 1. The van der Waals surface area contributed by atoms with Gasteiger partial charge in [-0.05, 0) is 32.1 Å². The third-order valence-corrected chi connectivity index (χ3v) is 5.07. The number of aliphatic carboxylic acids is 1. The Bertz CT molecular complexity index is 378. The van der Waals surface area contributed by atoms with Crippen LogP contribution >= 0.6 is 0 Å². The minimum atomic E-state index is -0.815. The van der Waals surface area contributed by atoms with E-state index >= 15 is 0 Å². The van der Waals surface area contributed by atoms with Gasteiger partial charge < -0.3 is 14.7 Å². The average Bonchev–Trinajstić information content (AvgIpc) is 3.12. The van der Waals surface area contributed by atoms with Gasteiger partial charge in [0.05, 0.1) is 18.4 Å². The molecule has 2 rings (SSSR count). The number of carbonyl (C=O) groups is 2. The van der Waals surface area contributed by atoms with Crippen LogP contribution < -0.4 is 0 Å². The molecule has 4 unspecified atom stereocenters. The third kappa shape index (κ3) is 3.76. The van der Waals surface area contributed by atoms with Crippen molar-refractivity contribution in [2.45, 2.75) is 39.5 Å². The molecule has 0 aromatic heterocycles. The molecule has 0 bridgehead atoms. The van der Waals surface area contributed by atoms with Gasteiger partial charge in [-0.3, -0.25) is 9.59 Å². The molecule has 0 aromatic carbocycles. The van der Waals surface area contributed by atoms with Gasteiger partial charge in [0.15, 0.2) is 0 Å². The fraction of sp³-hybridized carbons (Fsp3) is 0.875. The van der Waals surface area contributed by atoms with Crippen molar-refractivity contribution in [1.29, 1.82) is 0 Å². The lowest BCUT2D eigenvalue weighted by molar-refractivity contribution is -0.149. The quantitative estimate of drug-likeness (QED) is 0.814. The van der Waals surface area contributed by atoms with Crippen molar-refractivity contribution in [3.63, 3.8) is 0 Å². The largest absolute Gasteiger partial charge is 0.481 e. The minimum Gasteiger partial charge on any atom is -0.481 e. The topological polar surface area (TPSA) is 66.8 Å². The van der Waals surface area contributed by atoms with Crippen LogP contribution in [0.2, 0.25) is 0 Å². The zero-order valence-corrected chi connectivity index (χ0v) is 13.1. The summed E-state index contributed by atoms with van der Waals surface area (Å²) in [6.45, 7) is 6.88. The van der Waals surface area contributed by atoms with Gasteiger partial charge in [-0.2, -0.15) is 0 Å². The maximum absolute atomic E-state index is 12.8.